The smallest absolute Gasteiger partial charge is 0.259 e. The van der Waals surface area contributed by atoms with E-state index in [4.69, 9.17) is 20.1 Å². The summed E-state index contributed by atoms with van der Waals surface area (Å²) in [5.74, 6) is 1.96. The Morgan fingerprint density at radius 3 is 2.41 bits per heavy atom. The first-order chi connectivity index (χ1) is 13.3. The van der Waals surface area contributed by atoms with E-state index >= 15 is 0 Å². The fourth-order valence-electron chi connectivity index (χ4n) is 3.78. The van der Waals surface area contributed by atoms with Gasteiger partial charge in [-0.05, 0) is 49.2 Å². The SMILES string of the molecule is Nc1noc2c1c(-c1ccc(Oc3ccccc3)cc1)nn2C1CCCC1. The van der Waals surface area contributed by atoms with Crippen LogP contribution in [0.25, 0.3) is 22.4 Å². The second-order valence-electron chi connectivity index (χ2n) is 6.92. The van der Waals surface area contributed by atoms with Crippen molar-refractivity contribution in [1.82, 2.24) is 14.9 Å². The molecule has 6 nitrogen and oxygen atoms in total. The molecule has 0 bridgehead atoms. The number of ether oxygens (including phenoxy) is 1. The van der Waals surface area contributed by atoms with Gasteiger partial charge in [-0.1, -0.05) is 36.2 Å². The van der Waals surface area contributed by atoms with Crippen LogP contribution in [-0.4, -0.2) is 14.9 Å². The molecule has 2 aromatic heterocycles. The minimum Gasteiger partial charge on any atom is -0.457 e. The lowest BCUT2D eigenvalue weighted by Crippen LogP contribution is -2.06. The molecule has 1 fully saturated rings. The van der Waals surface area contributed by atoms with Crippen LogP contribution >= 0.6 is 0 Å². The lowest BCUT2D eigenvalue weighted by atomic mass is 10.1. The molecule has 0 unspecified atom stereocenters. The summed E-state index contributed by atoms with van der Waals surface area (Å²) in [6.07, 6.45) is 4.66. The zero-order valence-electron chi connectivity index (χ0n) is 14.8. The predicted octanol–water partition coefficient (Wildman–Crippen LogP) is 5.18. The van der Waals surface area contributed by atoms with E-state index in [0.29, 0.717) is 17.6 Å². The molecule has 0 amide bonds. The standard InChI is InChI=1S/C21H20N4O2/c22-20-18-19(23-25(21(18)27-24-20)15-6-4-5-7-15)14-10-12-17(13-11-14)26-16-8-2-1-3-9-16/h1-3,8-13,15H,4-7H2,(H2,22,24). The van der Waals surface area contributed by atoms with Crippen molar-refractivity contribution in [2.75, 3.05) is 5.73 Å². The van der Waals surface area contributed by atoms with Crippen molar-refractivity contribution in [1.29, 1.82) is 0 Å². The number of hydrogen-bond acceptors (Lipinski definition) is 5. The van der Waals surface area contributed by atoms with Gasteiger partial charge in [-0.25, -0.2) is 4.68 Å². The second kappa shape index (κ2) is 6.46. The number of para-hydroxylation sites is 1. The first-order valence-electron chi connectivity index (χ1n) is 9.26. The summed E-state index contributed by atoms with van der Waals surface area (Å²) in [5, 5.41) is 9.59. The van der Waals surface area contributed by atoms with E-state index in [-0.39, 0.29) is 0 Å². The highest BCUT2D eigenvalue weighted by atomic mass is 16.5. The normalized spacial score (nSPS) is 14.8. The monoisotopic (exact) mass is 360 g/mol. The average Bonchev–Trinajstić information content (AvgIpc) is 3.42. The molecular weight excluding hydrogens is 340 g/mol. The lowest BCUT2D eigenvalue weighted by molar-refractivity contribution is 0.395. The van der Waals surface area contributed by atoms with Crippen LogP contribution in [0, 0.1) is 0 Å². The largest absolute Gasteiger partial charge is 0.457 e. The molecule has 5 rings (SSSR count). The number of benzene rings is 2. The minimum absolute atomic E-state index is 0.356. The van der Waals surface area contributed by atoms with Gasteiger partial charge in [0.25, 0.3) is 5.71 Å². The van der Waals surface area contributed by atoms with E-state index in [0.717, 1.165) is 41.0 Å². The lowest BCUT2D eigenvalue weighted by Gasteiger charge is -2.09. The minimum atomic E-state index is 0.356. The Morgan fingerprint density at radius 1 is 0.963 bits per heavy atom. The van der Waals surface area contributed by atoms with E-state index in [2.05, 4.69) is 5.16 Å². The second-order valence-corrected chi connectivity index (χ2v) is 6.92. The van der Waals surface area contributed by atoms with Crippen molar-refractivity contribution >= 4 is 16.9 Å². The summed E-state index contributed by atoms with van der Waals surface area (Å²) in [7, 11) is 0. The van der Waals surface area contributed by atoms with Crippen molar-refractivity contribution < 1.29 is 9.26 Å². The molecule has 136 valence electrons. The molecule has 1 aliphatic carbocycles. The molecule has 1 saturated carbocycles. The molecule has 2 heterocycles. The summed E-state index contributed by atoms with van der Waals surface area (Å²) < 4.78 is 13.3. The quantitative estimate of drug-likeness (QED) is 0.542. The Kier molecular flexibility index (Phi) is 3.81. The summed E-state index contributed by atoms with van der Waals surface area (Å²) in [5.41, 5.74) is 8.51. The van der Waals surface area contributed by atoms with Gasteiger partial charge in [0.1, 0.15) is 22.6 Å². The zero-order chi connectivity index (χ0) is 18.2. The van der Waals surface area contributed by atoms with E-state index in [9.17, 15) is 0 Å². The van der Waals surface area contributed by atoms with Crippen LogP contribution in [-0.2, 0) is 0 Å². The predicted molar refractivity (Wildman–Crippen MR) is 104 cm³/mol. The van der Waals surface area contributed by atoms with E-state index in [1.807, 2.05) is 59.3 Å². The van der Waals surface area contributed by atoms with E-state index < -0.39 is 0 Å². The van der Waals surface area contributed by atoms with Gasteiger partial charge in [-0.15, -0.1) is 0 Å². The molecule has 2 aromatic carbocycles. The van der Waals surface area contributed by atoms with Crippen LogP contribution in [0.5, 0.6) is 11.5 Å². The number of aromatic nitrogens is 3. The van der Waals surface area contributed by atoms with Gasteiger partial charge in [0.2, 0.25) is 0 Å². The molecule has 1 aliphatic rings. The maximum atomic E-state index is 6.08. The molecule has 4 aromatic rings. The molecule has 0 radical (unpaired) electrons. The number of nitrogens with zero attached hydrogens (tertiary/aromatic N) is 3. The molecular formula is C21H20N4O2. The van der Waals surface area contributed by atoms with E-state index in [1.54, 1.807) is 0 Å². The molecule has 0 spiro atoms. The fraction of sp³-hybridized carbons (Fsp3) is 0.238. The number of hydrogen-bond donors (Lipinski definition) is 1. The number of anilines is 1. The van der Waals surface area contributed by atoms with Crippen LogP contribution in [0.1, 0.15) is 31.7 Å². The third-order valence-electron chi connectivity index (χ3n) is 5.13. The highest BCUT2D eigenvalue weighted by Crippen LogP contribution is 2.38. The topological polar surface area (TPSA) is 79.1 Å². The van der Waals surface area contributed by atoms with Crippen LogP contribution in [0.15, 0.2) is 59.1 Å². The van der Waals surface area contributed by atoms with E-state index in [1.165, 1.54) is 12.8 Å². The van der Waals surface area contributed by atoms with Crippen LogP contribution in [0.4, 0.5) is 5.82 Å². The highest BCUT2D eigenvalue weighted by molar-refractivity contribution is 5.97. The van der Waals surface area contributed by atoms with Crippen molar-refractivity contribution in [3.05, 3.63) is 54.6 Å². The van der Waals surface area contributed by atoms with Crippen LogP contribution < -0.4 is 10.5 Å². The van der Waals surface area contributed by atoms with Crippen LogP contribution in [0.2, 0.25) is 0 Å². The van der Waals surface area contributed by atoms with Gasteiger partial charge >= 0.3 is 0 Å². The van der Waals surface area contributed by atoms with Crippen LogP contribution in [0.3, 0.4) is 0 Å². The average molecular weight is 360 g/mol. The Morgan fingerprint density at radius 2 is 1.67 bits per heavy atom. The van der Waals surface area contributed by atoms with Gasteiger partial charge in [0, 0.05) is 5.56 Å². The van der Waals surface area contributed by atoms with Crippen molar-refractivity contribution in [2.24, 2.45) is 0 Å². The van der Waals surface area contributed by atoms with Gasteiger partial charge in [0.05, 0.1) is 6.04 Å². The molecule has 0 aliphatic heterocycles. The number of nitrogens with two attached hydrogens (primary N) is 1. The number of rotatable bonds is 4. The van der Waals surface area contributed by atoms with Gasteiger partial charge in [-0.2, -0.15) is 5.10 Å². The number of fused-ring (bicyclic) bond motifs is 1. The Labute approximate surface area is 156 Å². The highest BCUT2D eigenvalue weighted by Gasteiger charge is 2.26. The molecule has 2 N–H and O–H groups in total. The maximum absolute atomic E-state index is 6.08. The molecule has 0 saturated heterocycles. The molecule has 27 heavy (non-hydrogen) atoms. The molecule has 0 atom stereocenters. The molecule has 6 heteroatoms. The first kappa shape index (κ1) is 15.9. The van der Waals surface area contributed by atoms with Gasteiger partial charge in [-0.3, -0.25) is 0 Å². The summed E-state index contributed by atoms with van der Waals surface area (Å²) in [6, 6.07) is 17.9. The Balaban J connectivity index is 1.50. The van der Waals surface area contributed by atoms with Gasteiger partial charge < -0.3 is 15.0 Å². The van der Waals surface area contributed by atoms with Crippen molar-refractivity contribution in [3.8, 4) is 22.8 Å². The first-order valence-corrected chi connectivity index (χ1v) is 9.26. The third-order valence-corrected chi connectivity index (χ3v) is 5.13. The summed E-state index contributed by atoms with van der Waals surface area (Å²) >= 11 is 0. The van der Waals surface area contributed by atoms with Crippen molar-refractivity contribution in [3.63, 3.8) is 0 Å². The number of nitrogen functional groups attached to an aromatic ring is 1. The summed E-state index contributed by atoms with van der Waals surface area (Å²) in [4.78, 5) is 0. The van der Waals surface area contributed by atoms with Crippen molar-refractivity contribution in [2.45, 2.75) is 31.7 Å². The third kappa shape index (κ3) is 2.83. The maximum Gasteiger partial charge on any atom is 0.259 e. The fourth-order valence-corrected chi connectivity index (χ4v) is 3.78. The Bertz CT molecular complexity index is 1060. The van der Waals surface area contributed by atoms with Gasteiger partial charge in [0.15, 0.2) is 5.82 Å². The summed E-state index contributed by atoms with van der Waals surface area (Å²) in [6.45, 7) is 0. The zero-order valence-corrected chi connectivity index (χ0v) is 14.8. The Hall–Kier alpha value is -3.28.